The maximum atomic E-state index is 13.1. The van der Waals surface area contributed by atoms with Gasteiger partial charge in [0.2, 0.25) is 0 Å². The molecule has 0 aliphatic heterocycles. The summed E-state index contributed by atoms with van der Waals surface area (Å²) in [4.78, 5) is 23.1. The van der Waals surface area contributed by atoms with Crippen molar-refractivity contribution in [2.24, 2.45) is 0 Å². The molecule has 4 rings (SSSR count). The summed E-state index contributed by atoms with van der Waals surface area (Å²) in [7, 11) is 0. The first-order valence-electron chi connectivity index (χ1n) is 8.01. The van der Waals surface area contributed by atoms with Crippen LogP contribution >= 0.6 is 22.9 Å². The van der Waals surface area contributed by atoms with Gasteiger partial charge in [-0.3, -0.25) is 4.79 Å². The lowest BCUT2D eigenvalue weighted by Crippen LogP contribution is -2.22. The Morgan fingerprint density at radius 3 is 2.69 bits per heavy atom. The Balaban J connectivity index is 1.95. The Labute approximate surface area is 159 Å². The van der Waals surface area contributed by atoms with E-state index in [1.807, 2.05) is 55.5 Å². The molecular formula is C20H14ClN3OS. The minimum Gasteiger partial charge on any atom is -0.267 e. The summed E-state index contributed by atoms with van der Waals surface area (Å²) in [6, 6.07) is 14.9. The van der Waals surface area contributed by atoms with Crippen LogP contribution in [0.1, 0.15) is 16.3 Å². The van der Waals surface area contributed by atoms with E-state index in [9.17, 15) is 4.79 Å². The molecule has 0 amide bonds. The van der Waals surface area contributed by atoms with Gasteiger partial charge in [-0.2, -0.15) is 0 Å². The predicted octanol–water partition coefficient (Wildman–Crippen LogP) is 4.97. The molecule has 3 aromatic heterocycles. The minimum absolute atomic E-state index is 0.120. The topological polar surface area (TPSA) is 47.8 Å². The van der Waals surface area contributed by atoms with E-state index in [4.69, 9.17) is 11.6 Å². The molecule has 4 nitrogen and oxygen atoms in total. The lowest BCUT2D eigenvalue weighted by molar-refractivity contribution is 0.907. The smallest absolute Gasteiger partial charge is 0.267 e. The molecule has 0 aliphatic carbocycles. The fourth-order valence-corrected chi connectivity index (χ4v) is 3.79. The predicted molar refractivity (Wildman–Crippen MR) is 108 cm³/mol. The molecule has 0 saturated heterocycles. The van der Waals surface area contributed by atoms with Crippen LogP contribution in [0.4, 0.5) is 0 Å². The molecule has 0 spiro atoms. The summed E-state index contributed by atoms with van der Waals surface area (Å²) in [5.41, 5.74) is 1.44. The number of thiophene rings is 1. The maximum Gasteiger partial charge on any atom is 0.277 e. The van der Waals surface area contributed by atoms with Crippen LogP contribution in [0, 0.1) is 6.92 Å². The van der Waals surface area contributed by atoms with Gasteiger partial charge >= 0.3 is 0 Å². The lowest BCUT2D eigenvalue weighted by Gasteiger charge is -2.08. The summed E-state index contributed by atoms with van der Waals surface area (Å²) >= 11 is 7.67. The zero-order valence-corrected chi connectivity index (χ0v) is 15.5. The number of aryl methyl sites for hydroxylation is 1. The fourth-order valence-electron chi connectivity index (χ4n) is 2.71. The van der Waals surface area contributed by atoms with Gasteiger partial charge < -0.3 is 0 Å². The Morgan fingerprint density at radius 1 is 1.12 bits per heavy atom. The number of pyridine rings is 1. The van der Waals surface area contributed by atoms with Gasteiger partial charge in [0.1, 0.15) is 16.3 Å². The molecule has 0 radical (unpaired) electrons. The second kappa shape index (κ2) is 6.86. The van der Waals surface area contributed by atoms with E-state index < -0.39 is 0 Å². The number of hydrogen-bond acceptors (Lipinski definition) is 4. The SMILES string of the molecule is Cc1cc2nc(C=Cc3ccccc3Cl)n(-c3ccccn3)c(=O)c2s1. The molecular weight excluding hydrogens is 366 g/mol. The molecule has 4 aromatic rings. The molecule has 0 unspecified atom stereocenters. The average Bonchev–Trinajstić information content (AvgIpc) is 3.02. The van der Waals surface area contributed by atoms with Crippen LogP contribution in [0.15, 0.2) is 59.5 Å². The van der Waals surface area contributed by atoms with Gasteiger partial charge in [-0.1, -0.05) is 35.9 Å². The largest absolute Gasteiger partial charge is 0.277 e. The second-order valence-corrected chi connectivity index (χ2v) is 7.39. The average molecular weight is 380 g/mol. The number of rotatable bonds is 3. The molecule has 0 bridgehead atoms. The third kappa shape index (κ3) is 3.07. The summed E-state index contributed by atoms with van der Waals surface area (Å²) in [5.74, 6) is 1.05. The normalized spacial score (nSPS) is 11.5. The van der Waals surface area contributed by atoms with E-state index >= 15 is 0 Å². The highest BCUT2D eigenvalue weighted by molar-refractivity contribution is 7.18. The van der Waals surface area contributed by atoms with E-state index in [1.54, 1.807) is 18.3 Å². The van der Waals surface area contributed by atoms with Crippen LogP contribution in [0.3, 0.4) is 0 Å². The van der Waals surface area contributed by atoms with E-state index in [-0.39, 0.29) is 5.56 Å². The van der Waals surface area contributed by atoms with Crippen molar-refractivity contribution in [1.29, 1.82) is 0 Å². The highest BCUT2D eigenvalue weighted by Gasteiger charge is 2.14. The van der Waals surface area contributed by atoms with Gasteiger partial charge in [0.25, 0.3) is 5.56 Å². The molecule has 0 atom stereocenters. The Hall–Kier alpha value is -2.76. The highest BCUT2D eigenvalue weighted by Crippen LogP contribution is 2.23. The maximum absolute atomic E-state index is 13.1. The van der Waals surface area contributed by atoms with Crippen LogP contribution in [-0.2, 0) is 0 Å². The van der Waals surface area contributed by atoms with Crippen molar-refractivity contribution in [3.63, 3.8) is 0 Å². The van der Waals surface area contributed by atoms with Crippen LogP contribution in [-0.4, -0.2) is 14.5 Å². The van der Waals surface area contributed by atoms with Crippen molar-refractivity contribution in [3.8, 4) is 5.82 Å². The summed E-state index contributed by atoms with van der Waals surface area (Å²) in [5, 5.41) is 0.642. The summed E-state index contributed by atoms with van der Waals surface area (Å²) in [6.45, 7) is 1.97. The third-order valence-corrected chi connectivity index (χ3v) is 5.26. The third-order valence-electron chi connectivity index (χ3n) is 3.89. The van der Waals surface area contributed by atoms with E-state index in [0.717, 1.165) is 10.4 Å². The van der Waals surface area contributed by atoms with Crippen molar-refractivity contribution in [2.75, 3.05) is 0 Å². The first-order valence-corrected chi connectivity index (χ1v) is 9.20. The standard InChI is InChI=1S/C20H14ClN3OS/c1-13-12-16-19(26-13)20(25)24(17-8-4-5-11-22-17)18(23-16)10-9-14-6-2-3-7-15(14)21/h2-12H,1H3. The van der Waals surface area contributed by atoms with Crippen molar-refractivity contribution in [2.45, 2.75) is 6.92 Å². The van der Waals surface area contributed by atoms with Crippen LogP contribution < -0.4 is 5.56 Å². The highest BCUT2D eigenvalue weighted by atomic mass is 35.5. The Bertz CT molecular complexity index is 1180. The Kier molecular flexibility index (Phi) is 4.41. The number of aromatic nitrogens is 3. The van der Waals surface area contributed by atoms with Crippen LogP contribution in [0.25, 0.3) is 28.2 Å². The van der Waals surface area contributed by atoms with Crippen molar-refractivity contribution in [1.82, 2.24) is 14.5 Å². The van der Waals surface area contributed by atoms with E-state index in [1.165, 1.54) is 15.9 Å². The number of hydrogen-bond donors (Lipinski definition) is 0. The quantitative estimate of drug-likeness (QED) is 0.504. The van der Waals surface area contributed by atoms with Gasteiger partial charge in [-0.05, 0) is 48.9 Å². The zero-order chi connectivity index (χ0) is 18.1. The molecule has 0 N–H and O–H groups in total. The van der Waals surface area contributed by atoms with Crippen LogP contribution in [0.5, 0.6) is 0 Å². The van der Waals surface area contributed by atoms with Gasteiger partial charge in [0, 0.05) is 16.1 Å². The van der Waals surface area contributed by atoms with Gasteiger partial charge in [-0.15, -0.1) is 11.3 Å². The molecule has 1 aromatic carbocycles. The second-order valence-electron chi connectivity index (χ2n) is 5.72. The first kappa shape index (κ1) is 16.7. The summed E-state index contributed by atoms with van der Waals surface area (Å²) < 4.78 is 2.16. The first-order chi connectivity index (χ1) is 12.6. The van der Waals surface area contributed by atoms with Gasteiger partial charge in [-0.25, -0.2) is 14.5 Å². The van der Waals surface area contributed by atoms with E-state index in [2.05, 4.69) is 9.97 Å². The zero-order valence-electron chi connectivity index (χ0n) is 13.9. The van der Waals surface area contributed by atoms with Crippen molar-refractivity contribution < 1.29 is 0 Å². The number of benzene rings is 1. The number of halogens is 1. The van der Waals surface area contributed by atoms with Crippen molar-refractivity contribution in [3.05, 3.63) is 86.4 Å². The van der Waals surface area contributed by atoms with Crippen LogP contribution in [0.2, 0.25) is 5.02 Å². The number of fused-ring (bicyclic) bond motifs is 1. The van der Waals surface area contributed by atoms with Crippen molar-refractivity contribution >= 4 is 45.3 Å². The minimum atomic E-state index is -0.120. The molecule has 6 heteroatoms. The van der Waals surface area contributed by atoms with Gasteiger partial charge in [0.15, 0.2) is 0 Å². The van der Waals surface area contributed by atoms with Gasteiger partial charge in [0.05, 0.1) is 5.52 Å². The lowest BCUT2D eigenvalue weighted by atomic mass is 10.2. The fraction of sp³-hybridized carbons (Fsp3) is 0.0500. The molecule has 0 aliphatic rings. The molecule has 0 saturated carbocycles. The molecule has 0 fully saturated rings. The van der Waals surface area contributed by atoms with E-state index in [0.29, 0.717) is 26.9 Å². The Morgan fingerprint density at radius 2 is 1.92 bits per heavy atom. The molecule has 3 heterocycles. The summed E-state index contributed by atoms with van der Waals surface area (Å²) in [6.07, 6.45) is 5.31. The molecule has 128 valence electrons. The molecule has 26 heavy (non-hydrogen) atoms. The monoisotopic (exact) mass is 379 g/mol. The number of nitrogens with zero attached hydrogens (tertiary/aromatic N) is 3.